The fourth-order valence-corrected chi connectivity index (χ4v) is 2.91. The van der Waals surface area contributed by atoms with Crippen molar-refractivity contribution in [3.05, 3.63) is 52.1 Å². The SMILES string of the molecule is NC(=O)OC(=O)CCC(NC(=O)c1ccc(NCc2cnc3nc(N)[nH]c(=O)c3n2)cc1)C(=O)O. The second-order valence-electron chi connectivity index (χ2n) is 7.11. The Kier molecular flexibility index (Phi) is 7.50. The highest BCUT2D eigenvalue weighted by molar-refractivity contribution is 5.97. The van der Waals surface area contributed by atoms with E-state index in [0.29, 0.717) is 11.4 Å². The molecule has 1 aromatic carbocycles. The number of nitrogens with zero attached hydrogens (tertiary/aromatic N) is 3. The predicted molar refractivity (Wildman–Crippen MR) is 120 cm³/mol. The fraction of sp³-hybridized carbons (Fsp3) is 0.200. The Hall–Kier alpha value is -5.08. The van der Waals surface area contributed by atoms with E-state index in [2.05, 4.69) is 35.3 Å². The number of amides is 2. The quantitative estimate of drug-likeness (QED) is 0.166. The van der Waals surface area contributed by atoms with Crippen molar-refractivity contribution in [2.45, 2.75) is 25.4 Å². The summed E-state index contributed by atoms with van der Waals surface area (Å²) in [6.45, 7) is 0.209. The van der Waals surface area contributed by atoms with Gasteiger partial charge in [-0.05, 0) is 30.7 Å². The number of nitrogen functional groups attached to an aromatic ring is 1. The van der Waals surface area contributed by atoms with Crippen LogP contribution in [0.15, 0.2) is 35.3 Å². The summed E-state index contributed by atoms with van der Waals surface area (Å²) in [7, 11) is 0. The maximum atomic E-state index is 12.4. The number of benzene rings is 1. The van der Waals surface area contributed by atoms with Crippen LogP contribution in [0.1, 0.15) is 28.9 Å². The molecule has 0 bridgehead atoms. The van der Waals surface area contributed by atoms with Gasteiger partial charge >= 0.3 is 18.0 Å². The van der Waals surface area contributed by atoms with Crippen LogP contribution in [0.5, 0.6) is 0 Å². The number of hydrogen-bond acceptors (Lipinski definition) is 11. The summed E-state index contributed by atoms with van der Waals surface area (Å²) in [5.74, 6) is -3.11. The van der Waals surface area contributed by atoms with Crippen molar-refractivity contribution >= 4 is 46.7 Å². The zero-order valence-electron chi connectivity index (χ0n) is 18.0. The highest BCUT2D eigenvalue weighted by Crippen LogP contribution is 2.12. The number of carbonyl (C=O) groups is 4. The molecule has 0 saturated carbocycles. The van der Waals surface area contributed by atoms with Crippen LogP contribution in [0.4, 0.5) is 16.4 Å². The smallest absolute Gasteiger partial charge is 0.412 e. The standard InChI is InChI=1S/C20H20N8O7/c21-19-27-15-14(17(31)28-19)25-11(8-24-15)7-23-10-3-1-9(2-4-10)16(30)26-12(18(32)33)5-6-13(29)35-20(22)34/h1-4,8,12,23H,5-7H2,(H2,22,34)(H,26,30)(H,32,33)(H3,21,24,27,28,31). The number of carboxylic acid groups (broad SMARTS) is 1. The number of aromatic amines is 1. The molecular formula is C20H20N8O7. The van der Waals surface area contributed by atoms with Crippen molar-refractivity contribution in [2.75, 3.05) is 11.1 Å². The molecule has 3 aromatic rings. The first kappa shape index (κ1) is 24.6. The normalized spacial score (nSPS) is 11.4. The first-order chi connectivity index (χ1) is 16.6. The van der Waals surface area contributed by atoms with Gasteiger partial charge in [0.2, 0.25) is 5.95 Å². The number of H-pyrrole nitrogens is 1. The minimum absolute atomic E-state index is 0.0430. The lowest BCUT2D eigenvalue weighted by Gasteiger charge is -2.14. The number of aromatic nitrogens is 4. The number of fused-ring (bicyclic) bond motifs is 1. The van der Waals surface area contributed by atoms with Crippen LogP contribution in [0.3, 0.4) is 0 Å². The highest BCUT2D eigenvalue weighted by Gasteiger charge is 2.22. The van der Waals surface area contributed by atoms with Crippen LogP contribution in [-0.4, -0.2) is 55.0 Å². The molecule has 35 heavy (non-hydrogen) atoms. The van der Waals surface area contributed by atoms with Crippen LogP contribution in [0.25, 0.3) is 11.2 Å². The first-order valence-corrected chi connectivity index (χ1v) is 10.0. The number of carboxylic acids is 1. The van der Waals surface area contributed by atoms with Gasteiger partial charge in [-0.1, -0.05) is 0 Å². The molecule has 2 amide bonds. The molecule has 0 fully saturated rings. The molecule has 0 spiro atoms. The number of ether oxygens (including phenoxy) is 1. The summed E-state index contributed by atoms with van der Waals surface area (Å²) < 4.78 is 4.12. The molecule has 2 heterocycles. The predicted octanol–water partition coefficient (Wildman–Crippen LogP) is -0.507. The number of primary amides is 1. The van der Waals surface area contributed by atoms with Gasteiger partial charge in [0.1, 0.15) is 6.04 Å². The van der Waals surface area contributed by atoms with E-state index in [1.54, 1.807) is 12.1 Å². The van der Waals surface area contributed by atoms with Gasteiger partial charge in [0.15, 0.2) is 11.2 Å². The van der Waals surface area contributed by atoms with Gasteiger partial charge < -0.3 is 31.9 Å². The van der Waals surface area contributed by atoms with Gasteiger partial charge in [0.25, 0.3) is 11.5 Å². The molecule has 8 N–H and O–H groups in total. The summed E-state index contributed by atoms with van der Waals surface area (Å²) in [6, 6.07) is 4.69. The van der Waals surface area contributed by atoms with Crippen LogP contribution in [0.2, 0.25) is 0 Å². The molecule has 1 unspecified atom stereocenters. The third-order valence-electron chi connectivity index (χ3n) is 4.56. The number of esters is 1. The zero-order chi connectivity index (χ0) is 25.5. The molecule has 0 saturated heterocycles. The minimum atomic E-state index is -1.39. The van der Waals surface area contributed by atoms with Crippen LogP contribution >= 0.6 is 0 Å². The van der Waals surface area contributed by atoms with Gasteiger partial charge in [-0.2, -0.15) is 4.98 Å². The molecule has 3 rings (SSSR count). The lowest BCUT2D eigenvalue weighted by atomic mass is 10.1. The minimum Gasteiger partial charge on any atom is -0.480 e. The monoisotopic (exact) mass is 484 g/mol. The number of aliphatic carboxylic acids is 1. The summed E-state index contributed by atoms with van der Waals surface area (Å²) in [5.41, 5.74) is 11.1. The molecule has 1 atom stereocenters. The second-order valence-corrected chi connectivity index (χ2v) is 7.11. The van der Waals surface area contributed by atoms with Gasteiger partial charge in [-0.15, -0.1) is 0 Å². The van der Waals surface area contributed by atoms with Crippen molar-refractivity contribution in [2.24, 2.45) is 5.73 Å². The number of carbonyl (C=O) groups excluding carboxylic acids is 3. The van der Waals surface area contributed by atoms with Crippen molar-refractivity contribution < 1.29 is 29.0 Å². The van der Waals surface area contributed by atoms with Gasteiger partial charge in [-0.3, -0.25) is 19.4 Å². The number of hydrogen-bond donors (Lipinski definition) is 6. The fourth-order valence-electron chi connectivity index (χ4n) is 2.91. The number of rotatable bonds is 9. The molecule has 182 valence electrons. The van der Waals surface area contributed by atoms with E-state index < -0.39 is 42.0 Å². The van der Waals surface area contributed by atoms with Gasteiger partial charge in [0.05, 0.1) is 18.4 Å². The summed E-state index contributed by atoms with van der Waals surface area (Å²) in [4.78, 5) is 72.2. The highest BCUT2D eigenvalue weighted by atomic mass is 16.6. The molecular weight excluding hydrogens is 464 g/mol. The van der Waals surface area contributed by atoms with E-state index in [1.165, 1.54) is 18.3 Å². The lowest BCUT2D eigenvalue weighted by Crippen LogP contribution is -2.41. The number of nitrogens with two attached hydrogens (primary N) is 2. The Morgan fingerprint density at radius 2 is 1.86 bits per heavy atom. The average molecular weight is 484 g/mol. The van der Waals surface area contributed by atoms with Crippen molar-refractivity contribution in [1.82, 2.24) is 25.3 Å². The first-order valence-electron chi connectivity index (χ1n) is 10.0. The number of anilines is 2. The molecule has 15 nitrogen and oxygen atoms in total. The van der Waals surface area contributed by atoms with E-state index in [4.69, 9.17) is 11.5 Å². The topological polar surface area (TPSA) is 245 Å². The molecule has 0 radical (unpaired) electrons. The van der Waals surface area contributed by atoms with E-state index in [9.17, 15) is 29.1 Å². The number of nitrogens with one attached hydrogen (secondary N) is 3. The molecule has 2 aromatic heterocycles. The van der Waals surface area contributed by atoms with E-state index in [-0.39, 0.29) is 35.6 Å². The Morgan fingerprint density at radius 3 is 2.51 bits per heavy atom. The maximum Gasteiger partial charge on any atom is 0.412 e. The Labute approximate surface area is 195 Å². The summed E-state index contributed by atoms with van der Waals surface area (Å²) in [6.07, 6.45) is -0.599. The molecule has 0 aliphatic rings. The third kappa shape index (κ3) is 6.70. The van der Waals surface area contributed by atoms with Crippen LogP contribution < -0.4 is 27.7 Å². The Balaban J connectivity index is 1.58. The third-order valence-corrected chi connectivity index (χ3v) is 4.56. The van der Waals surface area contributed by atoms with Gasteiger partial charge in [0, 0.05) is 17.7 Å². The van der Waals surface area contributed by atoms with E-state index in [0.717, 1.165) is 0 Å². The molecule has 15 heteroatoms. The average Bonchev–Trinajstić information content (AvgIpc) is 2.80. The lowest BCUT2D eigenvalue weighted by molar-refractivity contribution is -0.140. The Bertz CT molecular complexity index is 1340. The zero-order valence-corrected chi connectivity index (χ0v) is 18.0. The second kappa shape index (κ2) is 10.7. The summed E-state index contributed by atoms with van der Waals surface area (Å²) in [5, 5.41) is 14.6. The molecule has 0 aliphatic heterocycles. The van der Waals surface area contributed by atoms with E-state index in [1.807, 2.05) is 0 Å². The maximum absolute atomic E-state index is 12.4. The van der Waals surface area contributed by atoms with Gasteiger partial charge in [-0.25, -0.2) is 19.6 Å². The van der Waals surface area contributed by atoms with E-state index >= 15 is 0 Å². The summed E-state index contributed by atoms with van der Waals surface area (Å²) >= 11 is 0. The van der Waals surface area contributed by atoms with Crippen molar-refractivity contribution in [3.63, 3.8) is 0 Å². The Morgan fingerprint density at radius 1 is 1.14 bits per heavy atom. The van der Waals surface area contributed by atoms with Crippen molar-refractivity contribution in [1.29, 1.82) is 0 Å². The van der Waals surface area contributed by atoms with Crippen molar-refractivity contribution in [3.8, 4) is 0 Å². The van der Waals surface area contributed by atoms with Crippen LogP contribution in [0, 0.1) is 0 Å². The van der Waals surface area contributed by atoms with Crippen LogP contribution in [-0.2, 0) is 20.9 Å². The largest absolute Gasteiger partial charge is 0.480 e. The molecule has 0 aliphatic carbocycles.